The summed E-state index contributed by atoms with van der Waals surface area (Å²) in [5, 5.41) is 0. The Kier molecular flexibility index (Phi) is 6.43. The third kappa shape index (κ3) is 4.33. The Labute approximate surface area is 275 Å². The molecule has 0 saturated heterocycles. The first kappa shape index (κ1) is 29.2. The molecule has 6 aromatic rings. The molecule has 0 N–H and O–H groups in total. The van der Waals surface area contributed by atoms with Crippen molar-refractivity contribution in [2.24, 2.45) is 0 Å². The Morgan fingerprint density at radius 1 is 0.468 bits per heavy atom. The van der Waals surface area contributed by atoms with Crippen molar-refractivity contribution < 1.29 is 8.42 Å². The van der Waals surface area contributed by atoms with Gasteiger partial charge < -0.3 is 9.80 Å². The number of hydrogen-bond donors (Lipinski definition) is 0. The van der Waals surface area contributed by atoms with E-state index in [1.807, 2.05) is 60.9 Å². The summed E-state index contributed by atoms with van der Waals surface area (Å²) < 4.78 is 27.9. The lowest BCUT2D eigenvalue weighted by Crippen LogP contribution is -2.30. The van der Waals surface area contributed by atoms with Crippen molar-refractivity contribution in [3.05, 3.63) is 156 Å². The number of nitrogens with zero attached hydrogens (tertiary/aromatic N) is 4. The molecule has 4 heterocycles. The van der Waals surface area contributed by atoms with Gasteiger partial charge >= 0.3 is 0 Å². The smallest absolute Gasteiger partial charge is 0.206 e. The van der Waals surface area contributed by atoms with Gasteiger partial charge in [-0.2, -0.15) is 0 Å². The molecule has 7 heteroatoms. The van der Waals surface area contributed by atoms with Gasteiger partial charge in [0.15, 0.2) is 0 Å². The van der Waals surface area contributed by atoms with Crippen LogP contribution in [0.15, 0.2) is 144 Å². The van der Waals surface area contributed by atoms with Gasteiger partial charge in [-0.25, -0.2) is 8.42 Å². The molecule has 232 valence electrons. The zero-order valence-electron chi connectivity index (χ0n) is 26.7. The van der Waals surface area contributed by atoms with Crippen LogP contribution in [0.3, 0.4) is 0 Å². The molecule has 2 aliphatic heterocycles. The predicted molar refractivity (Wildman–Crippen MR) is 188 cm³/mol. The van der Waals surface area contributed by atoms with Gasteiger partial charge in [-0.3, -0.25) is 9.97 Å². The van der Waals surface area contributed by atoms with Crippen LogP contribution in [0.25, 0.3) is 0 Å². The summed E-state index contributed by atoms with van der Waals surface area (Å²) in [6, 6.07) is 35.1. The van der Waals surface area contributed by atoms with Crippen LogP contribution in [0.5, 0.6) is 0 Å². The van der Waals surface area contributed by atoms with Crippen molar-refractivity contribution >= 4 is 44.0 Å². The van der Waals surface area contributed by atoms with Crippen LogP contribution in [-0.2, 0) is 20.7 Å². The number of sulfone groups is 1. The maximum atomic E-state index is 13.9. The van der Waals surface area contributed by atoms with Gasteiger partial charge in [0.1, 0.15) is 0 Å². The summed E-state index contributed by atoms with van der Waals surface area (Å²) in [6.45, 7) is 8.85. The van der Waals surface area contributed by atoms with Crippen LogP contribution < -0.4 is 9.80 Å². The van der Waals surface area contributed by atoms with Crippen molar-refractivity contribution in [3.63, 3.8) is 0 Å². The van der Waals surface area contributed by atoms with E-state index in [0.717, 1.165) is 45.3 Å². The zero-order valence-corrected chi connectivity index (χ0v) is 27.5. The first-order chi connectivity index (χ1) is 22.6. The minimum atomic E-state index is -3.77. The molecule has 0 radical (unpaired) electrons. The minimum Gasteiger partial charge on any atom is -0.310 e. The Balaban J connectivity index is 1.14. The highest BCUT2D eigenvalue weighted by molar-refractivity contribution is 7.91. The monoisotopic (exact) mass is 634 g/mol. The van der Waals surface area contributed by atoms with E-state index in [1.54, 1.807) is 36.7 Å². The molecule has 0 amide bonds. The zero-order chi connectivity index (χ0) is 32.6. The van der Waals surface area contributed by atoms with E-state index in [2.05, 4.69) is 83.9 Å². The van der Waals surface area contributed by atoms with Crippen molar-refractivity contribution in [2.75, 3.05) is 9.80 Å². The molecule has 2 aromatic heterocycles. The van der Waals surface area contributed by atoms with Gasteiger partial charge in [0.25, 0.3) is 0 Å². The normalized spacial score (nSPS) is 15.7. The number of para-hydroxylation sites is 2. The molecule has 0 spiro atoms. The SMILES string of the molecule is CC1(C)c2ccccc2N(c2ccc(S(=O)(=O)c3ccc(N4c5ccccc5C(C)(C)c5cnccc54)cc3)cc2)c2ccncc21. The van der Waals surface area contributed by atoms with Gasteiger partial charge in [0.05, 0.1) is 32.5 Å². The number of rotatable bonds is 4. The predicted octanol–water partition coefficient (Wildman–Crippen LogP) is 9.53. The van der Waals surface area contributed by atoms with Crippen LogP contribution in [0.1, 0.15) is 49.9 Å². The number of pyridine rings is 2. The van der Waals surface area contributed by atoms with E-state index in [0.29, 0.717) is 0 Å². The van der Waals surface area contributed by atoms with Crippen LogP contribution in [0.4, 0.5) is 34.1 Å². The first-order valence-electron chi connectivity index (χ1n) is 15.7. The van der Waals surface area contributed by atoms with E-state index >= 15 is 0 Å². The van der Waals surface area contributed by atoms with E-state index < -0.39 is 9.84 Å². The Bertz CT molecular complexity index is 2020. The summed E-state index contributed by atoms with van der Waals surface area (Å²) in [7, 11) is -3.77. The van der Waals surface area contributed by atoms with E-state index in [4.69, 9.17) is 0 Å². The number of benzene rings is 4. The maximum Gasteiger partial charge on any atom is 0.206 e. The Hall–Kier alpha value is -5.27. The molecule has 0 unspecified atom stereocenters. The molecule has 0 saturated carbocycles. The van der Waals surface area contributed by atoms with E-state index in [-0.39, 0.29) is 20.6 Å². The highest BCUT2D eigenvalue weighted by Crippen LogP contribution is 2.53. The lowest BCUT2D eigenvalue weighted by molar-refractivity contribution is 0.596. The van der Waals surface area contributed by atoms with Crippen molar-refractivity contribution in [2.45, 2.75) is 48.3 Å². The molecular formula is C40H34N4O2S. The van der Waals surface area contributed by atoms with Gasteiger partial charge in [0.2, 0.25) is 9.84 Å². The van der Waals surface area contributed by atoms with Gasteiger partial charge in [-0.15, -0.1) is 0 Å². The minimum absolute atomic E-state index is 0.225. The molecule has 6 nitrogen and oxygen atoms in total. The topological polar surface area (TPSA) is 66.4 Å². The van der Waals surface area contributed by atoms with Crippen LogP contribution in [0, 0.1) is 0 Å². The summed E-state index contributed by atoms with van der Waals surface area (Å²) in [6.07, 6.45) is 7.47. The Morgan fingerprint density at radius 2 is 0.830 bits per heavy atom. The highest BCUT2D eigenvalue weighted by atomic mass is 32.2. The summed E-state index contributed by atoms with van der Waals surface area (Å²) in [5.74, 6) is 0. The highest BCUT2D eigenvalue weighted by Gasteiger charge is 2.38. The van der Waals surface area contributed by atoms with Gasteiger partial charge in [0, 0.05) is 58.1 Å². The van der Waals surface area contributed by atoms with Crippen molar-refractivity contribution in [1.29, 1.82) is 0 Å². The van der Waals surface area contributed by atoms with Crippen LogP contribution in [-0.4, -0.2) is 18.4 Å². The molecular weight excluding hydrogens is 601 g/mol. The number of aromatic nitrogens is 2. The lowest BCUT2D eigenvalue weighted by atomic mass is 9.74. The number of anilines is 6. The molecule has 4 aromatic carbocycles. The second-order valence-electron chi connectivity index (χ2n) is 13.2. The number of fused-ring (bicyclic) bond motifs is 4. The van der Waals surface area contributed by atoms with Crippen molar-refractivity contribution in [3.8, 4) is 0 Å². The fourth-order valence-corrected chi connectivity index (χ4v) is 8.57. The van der Waals surface area contributed by atoms with Gasteiger partial charge in [-0.1, -0.05) is 64.1 Å². The third-order valence-corrected chi connectivity index (χ3v) is 11.7. The lowest BCUT2D eigenvalue weighted by Gasteiger charge is -2.41. The van der Waals surface area contributed by atoms with Crippen molar-refractivity contribution in [1.82, 2.24) is 9.97 Å². The first-order valence-corrected chi connectivity index (χ1v) is 17.2. The molecule has 47 heavy (non-hydrogen) atoms. The summed E-state index contributed by atoms with van der Waals surface area (Å²) in [5.41, 5.74) is 10.2. The van der Waals surface area contributed by atoms with E-state index in [1.165, 1.54) is 11.1 Å². The third-order valence-electron chi connectivity index (χ3n) is 9.87. The maximum absolute atomic E-state index is 13.9. The summed E-state index contributed by atoms with van der Waals surface area (Å²) >= 11 is 0. The fourth-order valence-electron chi connectivity index (χ4n) is 7.31. The van der Waals surface area contributed by atoms with E-state index in [9.17, 15) is 8.42 Å². The molecule has 0 bridgehead atoms. The largest absolute Gasteiger partial charge is 0.310 e. The molecule has 0 fully saturated rings. The van der Waals surface area contributed by atoms with Gasteiger partial charge in [-0.05, 0) is 83.9 Å². The van der Waals surface area contributed by atoms with Crippen LogP contribution >= 0.6 is 0 Å². The average molecular weight is 635 g/mol. The molecule has 0 aliphatic carbocycles. The molecule has 2 aliphatic rings. The second kappa shape index (κ2) is 10.4. The summed E-state index contributed by atoms with van der Waals surface area (Å²) in [4.78, 5) is 13.7. The Morgan fingerprint density at radius 3 is 1.23 bits per heavy atom. The second-order valence-corrected chi connectivity index (χ2v) is 15.2. The molecule has 8 rings (SSSR count). The quantitative estimate of drug-likeness (QED) is 0.192. The molecule has 0 atom stereocenters. The fraction of sp³-hybridized carbons (Fsp3) is 0.150. The standard InChI is InChI=1S/C40H34N4O2S/c1-39(2)31-9-5-7-11-35(31)43(37-21-23-41-25-33(37)39)27-13-17-29(18-14-27)47(45,46)30-19-15-28(16-20-30)44-36-12-8-6-10-32(36)40(3,4)34-26-42-24-22-38(34)44/h5-26H,1-4H3. The average Bonchev–Trinajstić information content (AvgIpc) is 3.09. The number of hydrogen-bond acceptors (Lipinski definition) is 6. The van der Waals surface area contributed by atoms with Crippen LogP contribution in [0.2, 0.25) is 0 Å².